The molecule has 1 aromatic rings. The fourth-order valence-electron chi connectivity index (χ4n) is 7.24. The molecule has 0 amide bonds. The zero-order valence-corrected chi connectivity index (χ0v) is 19.7. The van der Waals surface area contributed by atoms with Crippen molar-refractivity contribution in [3.05, 3.63) is 42.0 Å². The number of fused-ring (bicyclic) bond motifs is 5. The molecule has 33 heavy (non-hydrogen) atoms. The van der Waals surface area contributed by atoms with Crippen LogP contribution in [0.5, 0.6) is 0 Å². The Morgan fingerprint density at radius 3 is 2.70 bits per heavy atom. The molecule has 4 aliphatic carbocycles. The third-order valence-corrected chi connectivity index (χ3v) is 9.40. The van der Waals surface area contributed by atoms with Gasteiger partial charge in [0.15, 0.2) is 0 Å². The van der Waals surface area contributed by atoms with Crippen molar-refractivity contribution in [2.75, 3.05) is 0 Å². The van der Waals surface area contributed by atoms with Crippen LogP contribution in [0.2, 0.25) is 0 Å². The number of ketones is 3. The zero-order valence-electron chi connectivity index (χ0n) is 19.7. The van der Waals surface area contributed by atoms with Gasteiger partial charge in [0, 0.05) is 50.4 Å². The van der Waals surface area contributed by atoms with Gasteiger partial charge < -0.3 is 0 Å². The first kappa shape index (κ1) is 22.2. The molecule has 0 aromatic carbocycles. The van der Waals surface area contributed by atoms with E-state index in [1.807, 2.05) is 19.1 Å². The van der Waals surface area contributed by atoms with Crippen molar-refractivity contribution < 1.29 is 19.2 Å². The average molecular weight is 449 g/mol. The highest BCUT2D eigenvalue weighted by atomic mass is 16.2. The summed E-state index contributed by atoms with van der Waals surface area (Å²) in [5.41, 5.74) is 1.07. The molecule has 4 aliphatic rings. The maximum absolute atomic E-state index is 13.7. The first-order chi connectivity index (χ1) is 15.7. The van der Waals surface area contributed by atoms with Crippen LogP contribution in [0.4, 0.5) is 0 Å². The third kappa shape index (κ3) is 3.24. The largest absolute Gasteiger partial charge is 0.300 e. The van der Waals surface area contributed by atoms with E-state index in [0.29, 0.717) is 38.5 Å². The van der Waals surface area contributed by atoms with Crippen molar-refractivity contribution in [3.8, 4) is 0 Å². The van der Waals surface area contributed by atoms with E-state index < -0.39 is 5.41 Å². The molecular weight excluding hydrogens is 416 g/mol. The Labute approximate surface area is 194 Å². The zero-order chi connectivity index (χ0) is 23.5. The smallest absolute Gasteiger partial charge is 0.231 e. The van der Waals surface area contributed by atoms with E-state index in [0.717, 1.165) is 17.6 Å². The fraction of sp³-hybridized carbons (Fsp3) is 0.593. The minimum Gasteiger partial charge on any atom is -0.300 e. The Morgan fingerprint density at radius 2 is 1.97 bits per heavy atom. The summed E-state index contributed by atoms with van der Waals surface area (Å²) >= 11 is 0. The first-order valence-corrected chi connectivity index (χ1v) is 12.2. The summed E-state index contributed by atoms with van der Waals surface area (Å²) in [4.78, 5) is 55.6. The first-order valence-electron chi connectivity index (χ1n) is 12.2. The van der Waals surface area contributed by atoms with Crippen LogP contribution in [0.1, 0.15) is 70.5 Å². The van der Waals surface area contributed by atoms with Crippen molar-refractivity contribution in [2.24, 2.45) is 34.5 Å². The van der Waals surface area contributed by atoms with E-state index in [9.17, 15) is 19.2 Å². The highest BCUT2D eigenvalue weighted by Crippen LogP contribution is 2.63. The molecule has 1 aromatic heterocycles. The summed E-state index contributed by atoms with van der Waals surface area (Å²) < 4.78 is 1.49. The van der Waals surface area contributed by atoms with Gasteiger partial charge >= 0.3 is 0 Å². The predicted molar refractivity (Wildman–Crippen MR) is 122 cm³/mol. The molecule has 0 saturated heterocycles. The van der Waals surface area contributed by atoms with E-state index in [1.54, 1.807) is 12.4 Å². The van der Waals surface area contributed by atoms with Crippen molar-refractivity contribution in [2.45, 2.75) is 65.7 Å². The van der Waals surface area contributed by atoms with E-state index in [2.05, 4.69) is 18.8 Å². The number of rotatable bonds is 4. The highest BCUT2D eigenvalue weighted by Gasteiger charge is 2.62. The molecule has 174 valence electrons. The molecule has 0 N–H and O–H groups in total. The standard InChI is InChI=1S/C27H32N2O4/c1-16(4-7-24(33)29-11-10-28-15-29)19-5-6-20-25-21(14-23(32)27(19,20)3)26(2)9-8-18(30)12-17(26)13-22(25)31/h5-6,10-11,15-17,21,25H,4,7-9,12-14H2,1-3H3. The topological polar surface area (TPSA) is 86.1 Å². The Bertz CT molecular complexity index is 1100. The molecule has 0 spiro atoms. The van der Waals surface area contributed by atoms with E-state index >= 15 is 0 Å². The monoisotopic (exact) mass is 448 g/mol. The van der Waals surface area contributed by atoms with Gasteiger partial charge in [0.25, 0.3) is 0 Å². The van der Waals surface area contributed by atoms with Gasteiger partial charge in [-0.2, -0.15) is 0 Å². The number of hydrogen-bond donors (Lipinski definition) is 0. The third-order valence-electron chi connectivity index (χ3n) is 9.40. The molecule has 3 fully saturated rings. The highest BCUT2D eigenvalue weighted by molar-refractivity contribution is 5.99. The lowest BCUT2D eigenvalue weighted by Gasteiger charge is -2.57. The summed E-state index contributed by atoms with van der Waals surface area (Å²) in [6.45, 7) is 6.26. The van der Waals surface area contributed by atoms with Gasteiger partial charge in [-0.3, -0.25) is 23.7 Å². The number of hydrogen-bond acceptors (Lipinski definition) is 5. The second-order valence-electron chi connectivity index (χ2n) is 11.0. The van der Waals surface area contributed by atoms with Gasteiger partial charge in [-0.1, -0.05) is 31.6 Å². The second kappa shape index (κ2) is 7.71. The van der Waals surface area contributed by atoms with Gasteiger partial charge in [0.1, 0.15) is 23.7 Å². The van der Waals surface area contributed by atoms with Crippen LogP contribution in [-0.4, -0.2) is 32.8 Å². The summed E-state index contributed by atoms with van der Waals surface area (Å²) in [6.07, 6.45) is 12.4. The minimum atomic E-state index is -0.762. The second-order valence-corrected chi connectivity index (χ2v) is 11.0. The molecular formula is C27H32N2O4. The van der Waals surface area contributed by atoms with E-state index in [4.69, 9.17) is 0 Å². The molecule has 3 saturated carbocycles. The number of allylic oxidation sites excluding steroid dienone is 4. The molecule has 1 heterocycles. The molecule has 0 bridgehead atoms. The van der Waals surface area contributed by atoms with Gasteiger partial charge in [-0.15, -0.1) is 0 Å². The van der Waals surface area contributed by atoms with Crippen molar-refractivity contribution in [1.82, 2.24) is 9.55 Å². The Kier molecular flexibility index (Phi) is 5.18. The van der Waals surface area contributed by atoms with Crippen molar-refractivity contribution in [3.63, 3.8) is 0 Å². The fourth-order valence-corrected chi connectivity index (χ4v) is 7.24. The number of carbonyl (C=O) groups is 4. The lowest BCUT2D eigenvalue weighted by molar-refractivity contribution is -0.149. The molecule has 0 aliphatic heterocycles. The van der Waals surface area contributed by atoms with Crippen LogP contribution in [0.15, 0.2) is 42.0 Å². The van der Waals surface area contributed by atoms with Crippen LogP contribution in [0, 0.1) is 34.5 Å². The molecule has 0 radical (unpaired) electrons. The SMILES string of the molecule is CC(CCC(=O)n1ccnc1)C1=CC=C2C3C(=O)CC4CC(=O)CCC4(C)C3CC(=O)C12C. The number of Topliss-reactive ketones (excluding diaryl/α,β-unsaturated/α-hetero) is 3. The van der Waals surface area contributed by atoms with Crippen LogP contribution in [-0.2, 0) is 14.4 Å². The van der Waals surface area contributed by atoms with E-state index in [1.165, 1.54) is 10.9 Å². The van der Waals surface area contributed by atoms with Gasteiger partial charge in [0.05, 0.1) is 5.41 Å². The number of imidazole rings is 1. The molecule has 5 rings (SSSR count). The summed E-state index contributed by atoms with van der Waals surface area (Å²) in [6, 6.07) is 0. The lowest BCUT2D eigenvalue weighted by atomic mass is 9.45. The molecule has 6 unspecified atom stereocenters. The molecule has 6 heteroatoms. The van der Waals surface area contributed by atoms with Crippen molar-refractivity contribution in [1.29, 1.82) is 0 Å². The minimum absolute atomic E-state index is 0.0143. The van der Waals surface area contributed by atoms with Crippen LogP contribution in [0.25, 0.3) is 0 Å². The van der Waals surface area contributed by atoms with Crippen LogP contribution >= 0.6 is 0 Å². The maximum Gasteiger partial charge on any atom is 0.231 e. The Morgan fingerprint density at radius 1 is 1.18 bits per heavy atom. The number of nitrogens with zero attached hydrogens (tertiary/aromatic N) is 2. The van der Waals surface area contributed by atoms with Crippen LogP contribution in [0.3, 0.4) is 0 Å². The number of aromatic nitrogens is 2. The number of carbonyl (C=O) groups excluding carboxylic acids is 4. The summed E-state index contributed by atoms with van der Waals surface area (Å²) in [5.74, 6) is 0.458. The van der Waals surface area contributed by atoms with E-state index in [-0.39, 0.29) is 52.3 Å². The van der Waals surface area contributed by atoms with Gasteiger partial charge in [-0.05, 0) is 48.5 Å². The van der Waals surface area contributed by atoms with Crippen molar-refractivity contribution >= 4 is 23.3 Å². The van der Waals surface area contributed by atoms with Gasteiger partial charge in [-0.25, -0.2) is 4.98 Å². The normalized spacial score (nSPS) is 36.5. The molecule has 6 atom stereocenters. The van der Waals surface area contributed by atoms with Crippen LogP contribution < -0.4 is 0 Å². The maximum atomic E-state index is 13.7. The van der Waals surface area contributed by atoms with Gasteiger partial charge in [0.2, 0.25) is 5.91 Å². The summed E-state index contributed by atoms with van der Waals surface area (Å²) in [5, 5.41) is 0. The summed E-state index contributed by atoms with van der Waals surface area (Å²) in [7, 11) is 0. The predicted octanol–water partition coefficient (Wildman–Crippen LogP) is 4.37. The Balaban J connectivity index is 1.38. The average Bonchev–Trinajstić information content (AvgIpc) is 3.43. The Hall–Kier alpha value is -2.63. The molecule has 6 nitrogen and oxygen atoms in total. The quantitative estimate of drug-likeness (QED) is 0.683. The lowest BCUT2D eigenvalue weighted by Crippen LogP contribution is -2.57.